The van der Waals surface area contributed by atoms with Crippen LogP contribution in [-0.4, -0.2) is 0 Å². The Kier molecular flexibility index (Phi) is 1.85. The molecule has 0 nitrogen and oxygen atoms in total. The van der Waals surface area contributed by atoms with Gasteiger partial charge in [-0.3, -0.25) is 0 Å². The highest BCUT2D eigenvalue weighted by Gasteiger charge is 2.33. The predicted molar refractivity (Wildman–Crippen MR) is 48.3 cm³/mol. The summed E-state index contributed by atoms with van der Waals surface area (Å²) in [7, 11) is 0. The van der Waals surface area contributed by atoms with Crippen molar-refractivity contribution in [2.24, 2.45) is 17.8 Å². The van der Waals surface area contributed by atoms with E-state index >= 15 is 0 Å². The lowest BCUT2D eigenvalue weighted by molar-refractivity contribution is 0.549. The normalized spacial score (nSPS) is 41.0. The van der Waals surface area contributed by atoms with Gasteiger partial charge in [0.1, 0.15) is 0 Å². The molecule has 2 aliphatic rings. The maximum atomic E-state index is 2.42. The van der Waals surface area contributed by atoms with Gasteiger partial charge in [-0.15, -0.1) is 0 Å². The van der Waals surface area contributed by atoms with E-state index in [0.29, 0.717) is 0 Å². The summed E-state index contributed by atoms with van der Waals surface area (Å²) in [5.74, 6) is 2.69. The quantitative estimate of drug-likeness (QED) is 0.528. The van der Waals surface area contributed by atoms with Gasteiger partial charge in [-0.25, -0.2) is 0 Å². The zero-order chi connectivity index (χ0) is 7.68. The van der Waals surface area contributed by atoms with E-state index in [1.807, 2.05) is 0 Å². The van der Waals surface area contributed by atoms with Gasteiger partial charge >= 0.3 is 0 Å². The minimum atomic E-state index is 0.880. The van der Waals surface area contributed by atoms with Gasteiger partial charge in [0.2, 0.25) is 0 Å². The molecule has 2 rings (SSSR count). The molecule has 2 aliphatic carbocycles. The van der Waals surface area contributed by atoms with E-state index in [2.05, 4.69) is 31.2 Å². The van der Waals surface area contributed by atoms with Crippen LogP contribution in [-0.2, 0) is 0 Å². The molecule has 0 aliphatic heterocycles. The highest BCUT2D eigenvalue weighted by Crippen LogP contribution is 2.43. The van der Waals surface area contributed by atoms with Crippen LogP contribution in [0.3, 0.4) is 0 Å². The third kappa shape index (κ3) is 1.26. The van der Waals surface area contributed by atoms with Gasteiger partial charge in [0.25, 0.3) is 0 Å². The van der Waals surface area contributed by atoms with Gasteiger partial charge in [-0.1, -0.05) is 31.2 Å². The van der Waals surface area contributed by atoms with Gasteiger partial charge in [0.05, 0.1) is 0 Å². The molecule has 0 heteroatoms. The molecule has 1 fully saturated rings. The molecule has 0 aromatic rings. The average Bonchev–Trinajstić information content (AvgIpc) is 2.60. The fourth-order valence-corrected chi connectivity index (χ4v) is 2.36. The van der Waals surface area contributed by atoms with Crippen LogP contribution in [0.15, 0.2) is 24.3 Å². The van der Waals surface area contributed by atoms with Crippen molar-refractivity contribution in [1.82, 2.24) is 0 Å². The maximum Gasteiger partial charge on any atom is -0.0165 e. The fourth-order valence-electron chi connectivity index (χ4n) is 2.36. The van der Waals surface area contributed by atoms with Crippen molar-refractivity contribution in [3.8, 4) is 0 Å². The lowest BCUT2D eigenvalue weighted by Crippen LogP contribution is -2.02. The Labute approximate surface area is 69.0 Å². The topological polar surface area (TPSA) is 0 Å². The van der Waals surface area contributed by atoms with Gasteiger partial charge in [-0.2, -0.15) is 0 Å². The molecule has 0 spiro atoms. The van der Waals surface area contributed by atoms with E-state index in [1.165, 1.54) is 19.3 Å². The van der Waals surface area contributed by atoms with Crippen molar-refractivity contribution >= 4 is 0 Å². The van der Waals surface area contributed by atoms with Crippen molar-refractivity contribution in [3.05, 3.63) is 24.3 Å². The number of hydrogen-bond acceptors (Lipinski definition) is 0. The molecule has 0 saturated heterocycles. The molecule has 0 amide bonds. The molecule has 0 radical (unpaired) electrons. The zero-order valence-corrected chi connectivity index (χ0v) is 7.16. The van der Waals surface area contributed by atoms with E-state index < -0.39 is 0 Å². The first-order chi connectivity index (χ1) is 5.40. The van der Waals surface area contributed by atoms with E-state index in [1.54, 1.807) is 0 Å². The molecule has 0 heterocycles. The summed E-state index contributed by atoms with van der Waals surface area (Å²) in [6.07, 6.45) is 13.6. The number of fused-ring (bicyclic) bond motifs is 2. The molecule has 60 valence electrons. The summed E-state index contributed by atoms with van der Waals surface area (Å²) < 4.78 is 0. The molecule has 11 heavy (non-hydrogen) atoms. The molecule has 0 N–H and O–H groups in total. The standard InChI is InChI=1S/C11H16/c1-2-3-4-10-7-9-5-6-11(10)8-9/h3-6,9-11H,2,7-8H2,1H3/b4-3+. The first-order valence-electron chi connectivity index (χ1n) is 4.75. The lowest BCUT2D eigenvalue weighted by atomic mass is 9.93. The van der Waals surface area contributed by atoms with Gasteiger partial charge < -0.3 is 0 Å². The van der Waals surface area contributed by atoms with Gasteiger partial charge in [0, 0.05) is 0 Å². The van der Waals surface area contributed by atoms with Crippen molar-refractivity contribution < 1.29 is 0 Å². The Hall–Kier alpha value is -0.520. The number of rotatable bonds is 2. The highest BCUT2D eigenvalue weighted by molar-refractivity contribution is 5.14. The Morgan fingerprint density at radius 2 is 2.27 bits per heavy atom. The van der Waals surface area contributed by atoms with Crippen LogP contribution in [0.4, 0.5) is 0 Å². The van der Waals surface area contributed by atoms with E-state index in [-0.39, 0.29) is 0 Å². The van der Waals surface area contributed by atoms with E-state index in [4.69, 9.17) is 0 Å². The Balaban J connectivity index is 1.98. The third-order valence-corrected chi connectivity index (χ3v) is 2.95. The highest BCUT2D eigenvalue weighted by atomic mass is 14.4. The van der Waals surface area contributed by atoms with Crippen LogP contribution in [0.1, 0.15) is 26.2 Å². The second-order valence-electron chi connectivity index (χ2n) is 3.78. The van der Waals surface area contributed by atoms with E-state index in [0.717, 1.165) is 17.8 Å². The van der Waals surface area contributed by atoms with Crippen molar-refractivity contribution in [1.29, 1.82) is 0 Å². The molecular formula is C11H16. The molecule has 3 atom stereocenters. The SMILES string of the molecule is CC/C=C/C1CC2C=CC1C2. The summed E-state index contributed by atoms with van der Waals surface area (Å²) in [6.45, 7) is 2.21. The maximum absolute atomic E-state index is 2.42. The molecular weight excluding hydrogens is 132 g/mol. The van der Waals surface area contributed by atoms with Gasteiger partial charge in [-0.05, 0) is 37.0 Å². The second kappa shape index (κ2) is 2.84. The summed E-state index contributed by atoms with van der Waals surface area (Å²) >= 11 is 0. The van der Waals surface area contributed by atoms with Crippen molar-refractivity contribution in [2.75, 3.05) is 0 Å². The molecule has 3 unspecified atom stereocenters. The summed E-state index contributed by atoms with van der Waals surface area (Å²) in [4.78, 5) is 0. The largest absolute Gasteiger partial charge is 0.0885 e. The van der Waals surface area contributed by atoms with E-state index in [9.17, 15) is 0 Å². The Morgan fingerprint density at radius 1 is 1.36 bits per heavy atom. The van der Waals surface area contributed by atoms with Crippen LogP contribution < -0.4 is 0 Å². The first kappa shape index (κ1) is 7.15. The Bertz CT molecular complexity index is 188. The number of hydrogen-bond donors (Lipinski definition) is 0. The average molecular weight is 148 g/mol. The summed E-state index contributed by atoms with van der Waals surface area (Å²) in [6, 6.07) is 0. The fraction of sp³-hybridized carbons (Fsp3) is 0.636. The van der Waals surface area contributed by atoms with Crippen molar-refractivity contribution in [3.63, 3.8) is 0 Å². The van der Waals surface area contributed by atoms with Crippen LogP contribution in [0.25, 0.3) is 0 Å². The predicted octanol–water partition coefficient (Wildman–Crippen LogP) is 3.16. The van der Waals surface area contributed by atoms with Crippen LogP contribution >= 0.6 is 0 Å². The third-order valence-electron chi connectivity index (χ3n) is 2.95. The van der Waals surface area contributed by atoms with Crippen molar-refractivity contribution in [2.45, 2.75) is 26.2 Å². The lowest BCUT2D eigenvalue weighted by Gasteiger charge is -2.12. The summed E-state index contributed by atoms with van der Waals surface area (Å²) in [5.41, 5.74) is 0. The van der Waals surface area contributed by atoms with Gasteiger partial charge in [0.15, 0.2) is 0 Å². The summed E-state index contributed by atoms with van der Waals surface area (Å²) in [5, 5.41) is 0. The second-order valence-corrected chi connectivity index (χ2v) is 3.78. The monoisotopic (exact) mass is 148 g/mol. The molecule has 2 bridgehead atoms. The van der Waals surface area contributed by atoms with Crippen LogP contribution in [0, 0.1) is 17.8 Å². The first-order valence-corrected chi connectivity index (χ1v) is 4.75. The zero-order valence-electron chi connectivity index (χ0n) is 7.16. The van der Waals surface area contributed by atoms with Crippen LogP contribution in [0.5, 0.6) is 0 Å². The molecule has 0 aromatic heterocycles. The smallest absolute Gasteiger partial charge is 0.0165 e. The molecule has 1 saturated carbocycles. The minimum Gasteiger partial charge on any atom is -0.0885 e. The van der Waals surface area contributed by atoms with Crippen LogP contribution in [0.2, 0.25) is 0 Å². The number of allylic oxidation sites excluding steroid dienone is 4. The Morgan fingerprint density at radius 3 is 2.82 bits per heavy atom. The minimum absolute atomic E-state index is 0.880. The molecule has 0 aromatic carbocycles.